The van der Waals surface area contributed by atoms with Gasteiger partial charge in [-0.2, -0.15) is 0 Å². The fourth-order valence-corrected chi connectivity index (χ4v) is 4.38. The van der Waals surface area contributed by atoms with Crippen LogP contribution in [0.4, 0.5) is 5.69 Å². The van der Waals surface area contributed by atoms with E-state index < -0.39 is 5.97 Å². The summed E-state index contributed by atoms with van der Waals surface area (Å²) in [4.78, 5) is 18.0. The summed E-state index contributed by atoms with van der Waals surface area (Å²) < 4.78 is 11.3. The minimum atomic E-state index is -0.403. The number of unbranched alkanes of at least 4 members (excludes halogenated alkanes) is 5. The molecule has 0 spiro atoms. The van der Waals surface area contributed by atoms with E-state index in [2.05, 4.69) is 30.6 Å². The highest BCUT2D eigenvalue weighted by Gasteiger charge is 2.09. The number of thiol groups is 1. The lowest BCUT2D eigenvalue weighted by atomic mass is 10.1. The van der Waals surface area contributed by atoms with E-state index in [-0.39, 0.29) is 0 Å². The Kier molecular flexibility index (Phi) is 9.78. The number of carbonyl (C=O) groups is 1. The molecule has 0 saturated carbocycles. The smallest absolute Gasteiger partial charge is 0.343 e. The van der Waals surface area contributed by atoms with Crippen molar-refractivity contribution in [3.05, 3.63) is 96.1 Å². The Balaban J connectivity index is 1.27. The van der Waals surface area contributed by atoms with Crippen molar-refractivity contribution in [3.8, 4) is 11.5 Å². The molecule has 37 heavy (non-hydrogen) atoms. The Morgan fingerprint density at radius 2 is 1.51 bits per heavy atom. The molecule has 4 nitrogen and oxygen atoms in total. The topological polar surface area (TPSA) is 47.9 Å². The van der Waals surface area contributed by atoms with E-state index in [0.717, 1.165) is 39.1 Å². The first-order chi connectivity index (χ1) is 18.1. The zero-order chi connectivity index (χ0) is 25.9. The molecule has 4 aromatic carbocycles. The van der Waals surface area contributed by atoms with Gasteiger partial charge in [-0.3, -0.25) is 4.99 Å². The van der Waals surface area contributed by atoms with E-state index >= 15 is 0 Å². The Morgan fingerprint density at radius 1 is 0.811 bits per heavy atom. The standard InChI is InChI=1S/C32H33NO3S/c1-2-3-4-5-6-9-22-35-27-19-14-26(15-20-27)32(34)36-28-17-12-24(13-18-28)23-33-30-21-16-25-10-7-8-11-29(25)31(30)37/h7-8,10-21,23,37H,2-6,9,22H2,1H3. The molecule has 0 heterocycles. The summed E-state index contributed by atoms with van der Waals surface area (Å²) in [6, 6.07) is 26.5. The number of carbonyl (C=O) groups excluding carboxylic acids is 1. The molecular formula is C32H33NO3S. The van der Waals surface area contributed by atoms with Crippen LogP contribution in [0.3, 0.4) is 0 Å². The second kappa shape index (κ2) is 13.7. The van der Waals surface area contributed by atoms with E-state index in [4.69, 9.17) is 9.47 Å². The molecule has 0 saturated heterocycles. The highest BCUT2D eigenvalue weighted by Crippen LogP contribution is 2.31. The first-order valence-electron chi connectivity index (χ1n) is 12.9. The lowest BCUT2D eigenvalue weighted by Gasteiger charge is -2.08. The average Bonchev–Trinajstić information content (AvgIpc) is 2.93. The third-order valence-corrected chi connectivity index (χ3v) is 6.65. The number of ether oxygens (including phenoxy) is 2. The van der Waals surface area contributed by atoms with Crippen LogP contribution in [0.1, 0.15) is 61.4 Å². The van der Waals surface area contributed by atoms with Gasteiger partial charge in [-0.15, -0.1) is 12.6 Å². The summed E-state index contributed by atoms with van der Waals surface area (Å²) in [7, 11) is 0. The van der Waals surface area contributed by atoms with Crippen molar-refractivity contribution >= 4 is 41.3 Å². The fourth-order valence-electron chi connectivity index (χ4n) is 4.04. The van der Waals surface area contributed by atoms with Crippen LogP contribution in [-0.4, -0.2) is 18.8 Å². The molecule has 0 radical (unpaired) electrons. The van der Waals surface area contributed by atoms with Crippen molar-refractivity contribution in [2.24, 2.45) is 4.99 Å². The SMILES string of the molecule is CCCCCCCCOc1ccc(C(=O)Oc2ccc(C=Nc3ccc4ccccc4c3S)cc2)cc1. The number of esters is 1. The molecule has 0 aliphatic heterocycles. The van der Waals surface area contributed by atoms with E-state index in [9.17, 15) is 4.79 Å². The maximum absolute atomic E-state index is 12.6. The summed E-state index contributed by atoms with van der Waals surface area (Å²) in [5, 5.41) is 2.20. The second-order valence-electron chi connectivity index (χ2n) is 9.01. The monoisotopic (exact) mass is 511 g/mol. The van der Waals surface area contributed by atoms with Crippen LogP contribution in [0, 0.1) is 0 Å². The van der Waals surface area contributed by atoms with Crippen LogP contribution in [0.25, 0.3) is 10.8 Å². The molecule has 0 amide bonds. The van der Waals surface area contributed by atoms with Gasteiger partial charge in [-0.25, -0.2) is 4.79 Å². The summed E-state index contributed by atoms with van der Waals surface area (Å²) in [5.41, 5.74) is 2.18. The quantitative estimate of drug-likeness (QED) is 0.0679. The molecule has 4 rings (SSSR count). The number of nitrogens with zero attached hydrogens (tertiary/aromatic N) is 1. The maximum atomic E-state index is 12.6. The van der Waals surface area contributed by atoms with Gasteiger partial charge in [0.25, 0.3) is 0 Å². The highest BCUT2D eigenvalue weighted by atomic mass is 32.1. The Hall–Kier alpha value is -3.57. The van der Waals surface area contributed by atoms with Gasteiger partial charge in [0.1, 0.15) is 11.5 Å². The highest BCUT2D eigenvalue weighted by molar-refractivity contribution is 7.80. The molecule has 0 aliphatic rings. The molecule has 190 valence electrons. The summed E-state index contributed by atoms with van der Waals surface area (Å²) >= 11 is 4.66. The van der Waals surface area contributed by atoms with Crippen LogP contribution in [0.15, 0.2) is 94.8 Å². The molecule has 4 aromatic rings. The maximum Gasteiger partial charge on any atom is 0.343 e. The minimum absolute atomic E-state index is 0.403. The van der Waals surface area contributed by atoms with E-state index in [0.29, 0.717) is 17.9 Å². The summed E-state index contributed by atoms with van der Waals surface area (Å²) in [6.45, 7) is 2.92. The average molecular weight is 512 g/mol. The number of hydrogen-bond donors (Lipinski definition) is 1. The van der Waals surface area contributed by atoms with Gasteiger partial charge in [-0.1, -0.05) is 69.4 Å². The van der Waals surface area contributed by atoms with Crippen molar-refractivity contribution in [1.82, 2.24) is 0 Å². The number of fused-ring (bicyclic) bond motifs is 1. The number of hydrogen-bond acceptors (Lipinski definition) is 5. The molecule has 0 fully saturated rings. The van der Waals surface area contributed by atoms with Gasteiger partial charge in [0.2, 0.25) is 0 Å². The second-order valence-corrected chi connectivity index (χ2v) is 9.46. The van der Waals surface area contributed by atoms with Crippen LogP contribution < -0.4 is 9.47 Å². The lowest BCUT2D eigenvalue weighted by Crippen LogP contribution is -2.08. The van der Waals surface area contributed by atoms with Gasteiger partial charge >= 0.3 is 5.97 Å². The molecule has 0 aromatic heterocycles. The van der Waals surface area contributed by atoms with Gasteiger partial charge in [0, 0.05) is 11.1 Å². The third kappa shape index (κ3) is 7.70. The van der Waals surface area contributed by atoms with E-state index in [1.54, 1.807) is 30.5 Å². The van der Waals surface area contributed by atoms with Crippen LogP contribution in [-0.2, 0) is 0 Å². The van der Waals surface area contributed by atoms with Crippen LogP contribution in [0.5, 0.6) is 11.5 Å². The van der Waals surface area contributed by atoms with Crippen molar-refractivity contribution in [2.45, 2.75) is 50.3 Å². The predicted molar refractivity (Wildman–Crippen MR) is 155 cm³/mol. The van der Waals surface area contributed by atoms with Crippen LogP contribution in [0.2, 0.25) is 0 Å². The largest absolute Gasteiger partial charge is 0.494 e. The minimum Gasteiger partial charge on any atom is -0.494 e. The number of benzene rings is 4. The number of aliphatic imine (C=N–C) groups is 1. The number of rotatable bonds is 12. The predicted octanol–water partition coefficient (Wildman–Crippen LogP) is 8.84. The normalized spacial score (nSPS) is 11.2. The van der Waals surface area contributed by atoms with Gasteiger partial charge in [0.05, 0.1) is 17.9 Å². The van der Waals surface area contributed by atoms with E-state index in [1.165, 1.54) is 32.1 Å². The van der Waals surface area contributed by atoms with Crippen molar-refractivity contribution < 1.29 is 14.3 Å². The van der Waals surface area contributed by atoms with Crippen molar-refractivity contribution in [3.63, 3.8) is 0 Å². The molecule has 0 N–H and O–H groups in total. The molecule has 0 atom stereocenters. The summed E-state index contributed by atoms with van der Waals surface area (Å²) in [6.07, 6.45) is 9.14. The summed E-state index contributed by atoms with van der Waals surface area (Å²) in [5.74, 6) is 0.843. The molecule has 0 aliphatic carbocycles. The first-order valence-corrected chi connectivity index (χ1v) is 13.4. The van der Waals surface area contributed by atoms with Crippen LogP contribution >= 0.6 is 12.6 Å². The molecule has 5 heteroatoms. The van der Waals surface area contributed by atoms with Crippen molar-refractivity contribution in [2.75, 3.05) is 6.61 Å². The van der Waals surface area contributed by atoms with E-state index in [1.807, 2.05) is 54.6 Å². The molecule has 0 bridgehead atoms. The third-order valence-electron chi connectivity index (χ3n) is 6.18. The fraction of sp³-hybridized carbons (Fsp3) is 0.250. The molecule has 0 unspecified atom stereocenters. The van der Waals surface area contributed by atoms with Gasteiger partial charge < -0.3 is 9.47 Å². The Bertz CT molecular complexity index is 1330. The Labute approximate surface area is 224 Å². The first kappa shape index (κ1) is 26.5. The zero-order valence-corrected chi connectivity index (χ0v) is 22.1. The Morgan fingerprint density at radius 3 is 2.30 bits per heavy atom. The van der Waals surface area contributed by atoms with Crippen molar-refractivity contribution in [1.29, 1.82) is 0 Å². The molecular weight excluding hydrogens is 478 g/mol. The lowest BCUT2D eigenvalue weighted by molar-refractivity contribution is 0.0734. The van der Waals surface area contributed by atoms with Gasteiger partial charge in [-0.05, 0) is 77.4 Å². The van der Waals surface area contributed by atoms with Gasteiger partial charge in [0.15, 0.2) is 0 Å². The zero-order valence-electron chi connectivity index (χ0n) is 21.2.